The van der Waals surface area contributed by atoms with Crippen LogP contribution in [0.1, 0.15) is 13.3 Å². The first kappa shape index (κ1) is 9.43. The molecule has 0 unspecified atom stereocenters. The monoisotopic (exact) mass is 201 g/mol. The molecule has 2 bridgehead atoms. The molecule has 3 atom stereocenters. The smallest absolute Gasteiger partial charge is 0.334 e. The minimum atomic E-state index is -1.30. The summed E-state index contributed by atoms with van der Waals surface area (Å²) >= 11 is 0. The van der Waals surface area contributed by atoms with Gasteiger partial charge in [0.15, 0.2) is 5.54 Å². The number of carbonyl (C=O) groups is 2. The number of hydrogen-bond acceptors (Lipinski definition) is 3. The van der Waals surface area contributed by atoms with Crippen LogP contribution in [0.15, 0.2) is 0 Å². The molecule has 78 valence electrons. The van der Waals surface area contributed by atoms with Crippen molar-refractivity contribution in [2.45, 2.75) is 25.1 Å². The van der Waals surface area contributed by atoms with Crippen molar-refractivity contribution < 1.29 is 18.7 Å². The molecule has 2 aliphatic heterocycles. The SMILES string of the molecule is COC(=O)[C@]12C[C@H](CN1C(C)=O)[C@H]2F. The summed E-state index contributed by atoms with van der Waals surface area (Å²) in [6.07, 6.45) is -0.848. The highest BCUT2D eigenvalue weighted by atomic mass is 19.1. The van der Waals surface area contributed by atoms with Gasteiger partial charge in [0.2, 0.25) is 5.91 Å². The van der Waals surface area contributed by atoms with Gasteiger partial charge in [0.25, 0.3) is 0 Å². The second-order valence-corrected chi connectivity index (χ2v) is 3.91. The number of nitrogens with zero attached hydrogens (tertiary/aromatic N) is 1. The molecule has 1 saturated carbocycles. The van der Waals surface area contributed by atoms with E-state index in [1.54, 1.807) is 0 Å². The lowest BCUT2D eigenvalue weighted by Crippen LogP contribution is -2.62. The lowest BCUT2D eigenvalue weighted by atomic mass is 9.71. The van der Waals surface area contributed by atoms with Gasteiger partial charge in [0.1, 0.15) is 6.17 Å². The summed E-state index contributed by atoms with van der Waals surface area (Å²) in [5.74, 6) is -1.08. The maximum atomic E-state index is 13.6. The van der Waals surface area contributed by atoms with Crippen LogP contribution in [0.3, 0.4) is 0 Å². The summed E-state index contributed by atoms with van der Waals surface area (Å²) in [5.41, 5.74) is -1.30. The number of fused-ring (bicyclic) bond motifs is 1. The zero-order chi connectivity index (χ0) is 10.5. The Hall–Kier alpha value is -1.13. The molecule has 1 amide bonds. The fraction of sp³-hybridized carbons (Fsp3) is 0.778. The summed E-state index contributed by atoms with van der Waals surface area (Å²) < 4.78 is 18.1. The molecule has 5 heteroatoms. The third-order valence-electron chi connectivity index (χ3n) is 3.26. The van der Waals surface area contributed by atoms with Crippen LogP contribution in [0.5, 0.6) is 0 Å². The molecule has 3 rings (SSSR count). The van der Waals surface area contributed by atoms with Gasteiger partial charge in [-0.2, -0.15) is 0 Å². The summed E-state index contributed by atoms with van der Waals surface area (Å²) in [5, 5.41) is 0. The van der Waals surface area contributed by atoms with Crippen molar-refractivity contribution in [3.63, 3.8) is 0 Å². The second kappa shape index (κ2) is 2.68. The van der Waals surface area contributed by atoms with Gasteiger partial charge in [0.05, 0.1) is 7.11 Å². The van der Waals surface area contributed by atoms with Crippen molar-refractivity contribution in [3.8, 4) is 0 Å². The van der Waals surface area contributed by atoms with Crippen molar-refractivity contribution in [1.82, 2.24) is 4.90 Å². The molecular formula is C9H12FNO3. The van der Waals surface area contributed by atoms with Crippen LogP contribution < -0.4 is 0 Å². The number of methoxy groups -OCH3 is 1. The van der Waals surface area contributed by atoms with E-state index in [4.69, 9.17) is 0 Å². The molecule has 1 aliphatic carbocycles. The molecule has 0 spiro atoms. The Labute approximate surface area is 81.0 Å². The molecule has 0 N–H and O–H groups in total. The van der Waals surface area contributed by atoms with E-state index < -0.39 is 17.7 Å². The normalized spacial score (nSPS) is 39.2. The van der Waals surface area contributed by atoms with Crippen LogP contribution in [0.2, 0.25) is 0 Å². The zero-order valence-corrected chi connectivity index (χ0v) is 8.12. The van der Waals surface area contributed by atoms with Gasteiger partial charge < -0.3 is 9.64 Å². The molecule has 0 radical (unpaired) electrons. The Kier molecular flexibility index (Phi) is 1.81. The third-order valence-corrected chi connectivity index (χ3v) is 3.26. The molecule has 0 aromatic carbocycles. The summed E-state index contributed by atoms with van der Waals surface area (Å²) in [4.78, 5) is 23.9. The third kappa shape index (κ3) is 0.823. The van der Waals surface area contributed by atoms with E-state index in [0.717, 1.165) is 0 Å². The van der Waals surface area contributed by atoms with Gasteiger partial charge in [-0.1, -0.05) is 0 Å². The van der Waals surface area contributed by atoms with Gasteiger partial charge in [-0.3, -0.25) is 4.79 Å². The summed E-state index contributed by atoms with van der Waals surface area (Å²) in [6.45, 7) is 1.68. The fourth-order valence-corrected chi connectivity index (χ4v) is 2.55. The summed E-state index contributed by atoms with van der Waals surface area (Å²) in [7, 11) is 1.22. The Morgan fingerprint density at radius 1 is 1.57 bits per heavy atom. The van der Waals surface area contributed by atoms with Gasteiger partial charge in [-0.25, -0.2) is 9.18 Å². The number of carbonyl (C=O) groups excluding carboxylic acids is 2. The lowest BCUT2D eigenvalue weighted by Gasteiger charge is -2.41. The molecule has 3 aliphatic rings. The van der Waals surface area contributed by atoms with E-state index in [1.807, 2.05) is 0 Å². The Bertz CT molecular complexity index is 306. The average molecular weight is 201 g/mol. The van der Waals surface area contributed by atoms with Gasteiger partial charge >= 0.3 is 5.97 Å². The number of halogens is 1. The first-order valence-electron chi connectivity index (χ1n) is 4.54. The number of esters is 1. The molecule has 4 nitrogen and oxygen atoms in total. The van der Waals surface area contributed by atoms with E-state index in [2.05, 4.69) is 4.74 Å². The van der Waals surface area contributed by atoms with Crippen molar-refractivity contribution in [1.29, 1.82) is 0 Å². The maximum Gasteiger partial charge on any atom is 0.334 e. The van der Waals surface area contributed by atoms with Crippen molar-refractivity contribution in [2.75, 3.05) is 13.7 Å². The quantitative estimate of drug-likeness (QED) is 0.566. The van der Waals surface area contributed by atoms with E-state index in [-0.39, 0.29) is 11.8 Å². The van der Waals surface area contributed by atoms with E-state index >= 15 is 0 Å². The second-order valence-electron chi connectivity index (χ2n) is 3.91. The topological polar surface area (TPSA) is 46.6 Å². The fourth-order valence-electron chi connectivity index (χ4n) is 2.55. The standard InChI is InChI=1S/C9H12FNO3/c1-5(12)11-4-6-3-9(11,7(6)10)8(13)14-2/h6-7H,3-4H2,1-2H3/t6-,7-,9-/m1/s1. The van der Waals surface area contributed by atoms with Crippen LogP contribution in [-0.2, 0) is 14.3 Å². The Morgan fingerprint density at radius 3 is 2.64 bits per heavy atom. The highest BCUT2D eigenvalue weighted by Crippen LogP contribution is 2.53. The minimum Gasteiger partial charge on any atom is -0.467 e. The molecular weight excluding hydrogens is 189 g/mol. The number of hydrogen-bond donors (Lipinski definition) is 0. The van der Waals surface area contributed by atoms with Crippen LogP contribution in [-0.4, -0.2) is 42.1 Å². The predicted octanol–water partition coefficient (Wildman–Crippen LogP) is 0.118. The largest absolute Gasteiger partial charge is 0.467 e. The maximum absolute atomic E-state index is 13.6. The Balaban J connectivity index is 2.31. The molecule has 0 aromatic heterocycles. The van der Waals surface area contributed by atoms with Crippen LogP contribution in [0.25, 0.3) is 0 Å². The molecule has 2 heterocycles. The average Bonchev–Trinajstić information content (AvgIpc) is 2.68. The van der Waals surface area contributed by atoms with Gasteiger partial charge in [0, 0.05) is 19.4 Å². The van der Waals surface area contributed by atoms with E-state index in [1.165, 1.54) is 18.9 Å². The first-order valence-corrected chi connectivity index (χ1v) is 4.54. The highest BCUT2D eigenvalue weighted by Gasteiger charge is 2.71. The molecule has 2 saturated heterocycles. The van der Waals surface area contributed by atoms with E-state index in [9.17, 15) is 14.0 Å². The number of alkyl halides is 1. The first-order chi connectivity index (χ1) is 6.54. The summed E-state index contributed by atoms with van der Waals surface area (Å²) in [6, 6.07) is 0. The zero-order valence-electron chi connectivity index (χ0n) is 8.12. The van der Waals surface area contributed by atoms with Gasteiger partial charge in [-0.15, -0.1) is 0 Å². The van der Waals surface area contributed by atoms with Crippen molar-refractivity contribution in [3.05, 3.63) is 0 Å². The predicted molar refractivity (Wildman–Crippen MR) is 45.1 cm³/mol. The lowest BCUT2D eigenvalue weighted by molar-refractivity contribution is -0.167. The molecule has 0 aromatic rings. The number of amides is 1. The minimum absolute atomic E-state index is 0.182. The molecule has 3 fully saturated rings. The van der Waals surface area contributed by atoms with Crippen LogP contribution in [0, 0.1) is 5.92 Å². The van der Waals surface area contributed by atoms with E-state index in [0.29, 0.717) is 13.0 Å². The van der Waals surface area contributed by atoms with Crippen molar-refractivity contribution in [2.24, 2.45) is 5.92 Å². The number of ether oxygens (including phenoxy) is 1. The van der Waals surface area contributed by atoms with Gasteiger partial charge in [-0.05, 0) is 6.42 Å². The molecule has 14 heavy (non-hydrogen) atoms. The van der Waals surface area contributed by atoms with Crippen LogP contribution in [0.4, 0.5) is 4.39 Å². The van der Waals surface area contributed by atoms with Crippen molar-refractivity contribution >= 4 is 11.9 Å². The number of rotatable bonds is 1. The highest BCUT2D eigenvalue weighted by molar-refractivity contribution is 5.90. The van der Waals surface area contributed by atoms with Crippen LogP contribution >= 0.6 is 0 Å². The Morgan fingerprint density at radius 2 is 2.21 bits per heavy atom.